The first kappa shape index (κ1) is 21.2. The van der Waals surface area contributed by atoms with E-state index in [1.807, 2.05) is 24.3 Å². The Hall–Kier alpha value is -2.11. The molecule has 1 N–H and O–H groups in total. The Morgan fingerprint density at radius 2 is 1.56 bits per heavy atom. The number of ether oxygens (including phenoxy) is 4. The highest BCUT2D eigenvalue weighted by Gasteiger charge is 2.19. The van der Waals surface area contributed by atoms with E-state index in [1.54, 1.807) is 14.2 Å². The normalized spacial score (nSPS) is 13.7. The Bertz CT molecular complexity index is 729. The lowest BCUT2D eigenvalue weighted by Gasteiger charge is -2.26. The number of rotatable bonds is 7. The van der Waals surface area contributed by atoms with Gasteiger partial charge in [-0.3, -0.25) is 0 Å². The molecule has 2 aromatic carbocycles. The minimum atomic E-state index is 0. The smallest absolute Gasteiger partial charge is 0.161 e. The van der Waals surface area contributed by atoms with Crippen molar-refractivity contribution in [2.75, 3.05) is 27.4 Å². The average molecular weight is 394 g/mol. The van der Waals surface area contributed by atoms with E-state index in [2.05, 4.69) is 31.3 Å². The Morgan fingerprint density at radius 1 is 0.926 bits per heavy atom. The fourth-order valence-corrected chi connectivity index (χ4v) is 3.19. The van der Waals surface area contributed by atoms with E-state index in [1.165, 1.54) is 5.56 Å². The van der Waals surface area contributed by atoms with Gasteiger partial charge in [-0.2, -0.15) is 0 Å². The first-order valence-corrected chi connectivity index (χ1v) is 8.95. The first-order chi connectivity index (χ1) is 12.6. The molecule has 2 aromatic rings. The SMILES string of the molecule is COc1cc(CNC(c2ccc3c(c2)OCCO3)C(C)C)cc(OC)c1.Cl. The van der Waals surface area contributed by atoms with E-state index in [-0.39, 0.29) is 18.4 Å². The number of halogens is 1. The molecule has 1 aliphatic heterocycles. The molecular formula is C21H28ClNO4. The maximum absolute atomic E-state index is 5.73. The molecule has 0 spiro atoms. The molecule has 148 valence electrons. The molecule has 0 saturated carbocycles. The van der Waals surface area contributed by atoms with E-state index in [4.69, 9.17) is 18.9 Å². The third kappa shape index (κ3) is 5.21. The van der Waals surface area contributed by atoms with E-state index < -0.39 is 0 Å². The van der Waals surface area contributed by atoms with Crippen LogP contribution < -0.4 is 24.3 Å². The Morgan fingerprint density at radius 3 is 2.15 bits per heavy atom. The lowest BCUT2D eigenvalue weighted by Crippen LogP contribution is -2.26. The van der Waals surface area contributed by atoms with Gasteiger partial charge in [0.15, 0.2) is 11.5 Å². The molecule has 0 aromatic heterocycles. The summed E-state index contributed by atoms with van der Waals surface area (Å²) < 4.78 is 22.1. The maximum atomic E-state index is 5.73. The van der Waals surface area contributed by atoms with E-state index in [0.717, 1.165) is 28.6 Å². The minimum Gasteiger partial charge on any atom is -0.497 e. The van der Waals surface area contributed by atoms with Crippen molar-refractivity contribution in [3.05, 3.63) is 47.5 Å². The van der Waals surface area contributed by atoms with Crippen molar-refractivity contribution in [3.8, 4) is 23.0 Å². The number of fused-ring (bicyclic) bond motifs is 1. The van der Waals surface area contributed by atoms with E-state index >= 15 is 0 Å². The van der Waals surface area contributed by atoms with Crippen molar-refractivity contribution in [1.29, 1.82) is 0 Å². The Labute approximate surface area is 167 Å². The summed E-state index contributed by atoms with van der Waals surface area (Å²) in [6.45, 7) is 6.34. The number of nitrogens with one attached hydrogen (secondary N) is 1. The van der Waals surface area contributed by atoms with Gasteiger partial charge in [0.1, 0.15) is 24.7 Å². The van der Waals surface area contributed by atoms with Crippen LogP contribution >= 0.6 is 12.4 Å². The molecule has 27 heavy (non-hydrogen) atoms. The second-order valence-electron chi connectivity index (χ2n) is 6.73. The molecule has 0 saturated heterocycles. The van der Waals surface area contributed by atoms with Gasteiger partial charge in [-0.05, 0) is 41.3 Å². The van der Waals surface area contributed by atoms with Gasteiger partial charge in [-0.1, -0.05) is 19.9 Å². The van der Waals surface area contributed by atoms with Crippen LogP contribution in [0, 0.1) is 5.92 Å². The summed E-state index contributed by atoms with van der Waals surface area (Å²) in [4.78, 5) is 0. The van der Waals surface area contributed by atoms with Crippen molar-refractivity contribution >= 4 is 12.4 Å². The number of hydrogen-bond acceptors (Lipinski definition) is 5. The third-order valence-corrected chi connectivity index (χ3v) is 4.53. The summed E-state index contributed by atoms with van der Waals surface area (Å²) in [5.41, 5.74) is 2.31. The highest BCUT2D eigenvalue weighted by molar-refractivity contribution is 5.85. The zero-order chi connectivity index (χ0) is 18.5. The predicted molar refractivity (Wildman–Crippen MR) is 109 cm³/mol. The molecule has 0 bridgehead atoms. The van der Waals surface area contributed by atoms with Gasteiger partial charge in [0, 0.05) is 18.7 Å². The third-order valence-electron chi connectivity index (χ3n) is 4.53. The van der Waals surface area contributed by atoms with Crippen LogP contribution in [0.4, 0.5) is 0 Å². The van der Waals surface area contributed by atoms with Gasteiger partial charge in [0.2, 0.25) is 0 Å². The summed E-state index contributed by atoms with van der Waals surface area (Å²) in [6.07, 6.45) is 0. The van der Waals surface area contributed by atoms with Gasteiger partial charge in [0.25, 0.3) is 0 Å². The molecular weight excluding hydrogens is 366 g/mol. The zero-order valence-corrected chi connectivity index (χ0v) is 17.1. The van der Waals surface area contributed by atoms with Gasteiger partial charge in [-0.25, -0.2) is 0 Å². The highest BCUT2D eigenvalue weighted by atomic mass is 35.5. The number of methoxy groups -OCH3 is 2. The largest absolute Gasteiger partial charge is 0.497 e. The fraction of sp³-hybridized carbons (Fsp3) is 0.429. The molecule has 1 atom stereocenters. The van der Waals surface area contributed by atoms with Gasteiger partial charge < -0.3 is 24.3 Å². The van der Waals surface area contributed by atoms with Crippen molar-refractivity contribution in [1.82, 2.24) is 5.32 Å². The van der Waals surface area contributed by atoms with Crippen LogP contribution in [-0.4, -0.2) is 27.4 Å². The van der Waals surface area contributed by atoms with Crippen LogP contribution in [0.15, 0.2) is 36.4 Å². The zero-order valence-electron chi connectivity index (χ0n) is 16.3. The fourth-order valence-electron chi connectivity index (χ4n) is 3.19. The molecule has 0 aliphatic carbocycles. The van der Waals surface area contributed by atoms with Crippen LogP contribution in [0.3, 0.4) is 0 Å². The summed E-state index contributed by atoms with van der Waals surface area (Å²) in [5.74, 6) is 3.65. The molecule has 0 fully saturated rings. The monoisotopic (exact) mass is 393 g/mol. The highest BCUT2D eigenvalue weighted by Crippen LogP contribution is 2.34. The molecule has 0 radical (unpaired) electrons. The summed E-state index contributed by atoms with van der Waals surface area (Å²) in [5, 5.41) is 3.65. The minimum absolute atomic E-state index is 0. The second-order valence-corrected chi connectivity index (χ2v) is 6.73. The van der Waals surface area contributed by atoms with Crippen LogP contribution in [0.2, 0.25) is 0 Å². The molecule has 6 heteroatoms. The molecule has 1 aliphatic rings. The summed E-state index contributed by atoms with van der Waals surface area (Å²) in [7, 11) is 3.33. The van der Waals surface area contributed by atoms with Crippen molar-refractivity contribution in [3.63, 3.8) is 0 Å². The van der Waals surface area contributed by atoms with E-state index in [9.17, 15) is 0 Å². The lowest BCUT2D eigenvalue weighted by molar-refractivity contribution is 0.171. The topological polar surface area (TPSA) is 49.0 Å². The van der Waals surface area contributed by atoms with Crippen molar-refractivity contribution in [2.45, 2.75) is 26.4 Å². The van der Waals surface area contributed by atoms with Gasteiger partial charge in [0.05, 0.1) is 14.2 Å². The second kappa shape index (κ2) is 9.72. The van der Waals surface area contributed by atoms with Crippen molar-refractivity contribution < 1.29 is 18.9 Å². The summed E-state index contributed by atoms with van der Waals surface area (Å²) in [6, 6.07) is 12.3. The standard InChI is InChI=1S/C21H27NO4.ClH/c1-14(2)21(16-5-6-19-20(11-16)26-8-7-25-19)22-13-15-9-17(23-3)12-18(10-15)24-4;/h5-6,9-12,14,21-22H,7-8,13H2,1-4H3;1H. The van der Waals surface area contributed by atoms with Crippen LogP contribution in [0.25, 0.3) is 0 Å². The van der Waals surface area contributed by atoms with E-state index in [0.29, 0.717) is 25.7 Å². The molecule has 1 heterocycles. The first-order valence-electron chi connectivity index (χ1n) is 8.95. The van der Waals surface area contributed by atoms with Gasteiger partial charge >= 0.3 is 0 Å². The van der Waals surface area contributed by atoms with Crippen LogP contribution in [-0.2, 0) is 6.54 Å². The number of benzene rings is 2. The molecule has 1 unspecified atom stereocenters. The quantitative estimate of drug-likeness (QED) is 0.756. The molecule has 0 amide bonds. The Kier molecular flexibility index (Phi) is 7.63. The summed E-state index contributed by atoms with van der Waals surface area (Å²) >= 11 is 0. The Balaban J connectivity index is 0.00000261. The predicted octanol–water partition coefficient (Wildman–Crippen LogP) is 4.38. The maximum Gasteiger partial charge on any atom is 0.161 e. The lowest BCUT2D eigenvalue weighted by atomic mass is 9.95. The molecule has 3 rings (SSSR count). The average Bonchev–Trinajstić information content (AvgIpc) is 2.67. The van der Waals surface area contributed by atoms with Crippen molar-refractivity contribution in [2.24, 2.45) is 5.92 Å². The van der Waals surface area contributed by atoms with Crippen LogP contribution in [0.5, 0.6) is 23.0 Å². The van der Waals surface area contributed by atoms with Gasteiger partial charge in [-0.15, -0.1) is 12.4 Å². The molecule has 5 nitrogen and oxygen atoms in total. The van der Waals surface area contributed by atoms with Crippen LogP contribution in [0.1, 0.15) is 31.0 Å². The number of hydrogen-bond donors (Lipinski definition) is 1.